The number of amides is 1. The molecular formula is C10H18F2N2O4S. The van der Waals surface area contributed by atoms with Crippen LogP contribution in [0.1, 0.15) is 12.8 Å². The van der Waals surface area contributed by atoms with Crippen molar-refractivity contribution in [2.24, 2.45) is 5.92 Å². The predicted molar refractivity (Wildman–Crippen MR) is 64.2 cm³/mol. The maximum Gasteiger partial charge on any atom is 0.265 e. The van der Waals surface area contributed by atoms with Crippen molar-refractivity contribution in [1.29, 1.82) is 0 Å². The molecule has 0 bridgehead atoms. The summed E-state index contributed by atoms with van der Waals surface area (Å²) in [7, 11) is -3.35. The van der Waals surface area contributed by atoms with Crippen molar-refractivity contribution in [2.75, 3.05) is 25.9 Å². The molecule has 0 radical (unpaired) electrons. The number of nitrogens with one attached hydrogen (secondary N) is 1. The third-order valence-corrected chi connectivity index (χ3v) is 4.27. The monoisotopic (exact) mass is 300 g/mol. The molecule has 1 fully saturated rings. The Morgan fingerprint density at radius 1 is 1.53 bits per heavy atom. The number of hydrogen-bond acceptors (Lipinski definition) is 4. The van der Waals surface area contributed by atoms with Crippen LogP contribution in [0.3, 0.4) is 0 Å². The van der Waals surface area contributed by atoms with Gasteiger partial charge in [-0.05, 0) is 12.8 Å². The van der Waals surface area contributed by atoms with Gasteiger partial charge in [0.05, 0.1) is 12.2 Å². The summed E-state index contributed by atoms with van der Waals surface area (Å²) in [5.41, 5.74) is 0. The van der Waals surface area contributed by atoms with Gasteiger partial charge in [0.1, 0.15) is 6.10 Å². The molecule has 9 heteroatoms. The number of halogens is 2. The van der Waals surface area contributed by atoms with Crippen LogP contribution >= 0.6 is 0 Å². The SMILES string of the molecule is CS(=O)(=O)N1CCCC(C(=O)NCC(O)C(F)F)C1. The smallest absolute Gasteiger partial charge is 0.265 e. The van der Waals surface area contributed by atoms with Gasteiger partial charge < -0.3 is 10.4 Å². The summed E-state index contributed by atoms with van der Waals surface area (Å²) in [5.74, 6) is -1.07. The lowest BCUT2D eigenvalue weighted by Crippen LogP contribution is -2.46. The minimum atomic E-state index is -3.35. The highest BCUT2D eigenvalue weighted by molar-refractivity contribution is 7.88. The first-order valence-corrected chi connectivity index (χ1v) is 7.75. The Morgan fingerprint density at radius 2 is 2.16 bits per heavy atom. The number of nitrogens with zero attached hydrogens (tertiary/aromatic N) is 1. The van der Waals surface area contributed by atoms with E-state index < -0.39 is 40.9 Å². The van der Waals surface area contributed by atoms with Crippen molar-refractivity contribution in [3.63, 3.8) is 0 Å². The van der Waals surface area contributed by atoms with Crippen LogP contribution in [0.4, 0.5) is 8.78 Å². The number of sulfonamides is 1. The quantitative estimate of drug-likeness (QED) is 0.710. The molecule has 0 aliphatic carbocycles. The fourth-order valence-electron chi connectivity index (χ4n) is 1.90. The molecule has 112 valence electrons. The fourth-order valence-corrected chi connectivity index (χ4v) is 2.81. The molecule has 0 aromatic heterocycles. The minimum absolute atomic E-state index is 0.0510. The van der Waals surface area contributed by atoms with E-state index in [0.717, 1.165) is 6.26 Å². The summed E-state index contributed by atoms with van der Waals surface area (Å²) in [5, 5.41) is 11.1. The average Bonchev–Trinajstić information content (AvgIpc) is 2.34. The van der Waals surface area contributed by atoms with Crippen molar-refractivity contribution in [1.82, 2.24) is 9.62 Å². The molecule has 1 aliphatic rings. The Labute approximate surface area is 110 Å². The number of alkyl halides is 2. The fraction of sp³-hybridized carbons (Fsp3) is 0.900. The molecule has 1 aliphatic heterocycles. The van der Waals surface area contributed by atoms with Gasteiger partial charge >= 0.3 is 0 Å². The molecule has 2 unspecified atom stereocenters. The highest BCUT2D eigenvalue weighted by atomic mass is 32.2. The normalized spacial score (nSPS) is 23.3. The molecule has 1 rings (SSSR count). The third kappa shape index (κ3) is 5.00. The van der Waals surface area contributed by atoms with Crippen LogP contribution in [0.5, 0.6) is 0 Å². The third-order valence-electron chi connectivity index (χ3n) is 3.00. The first kappa shape index (κ1) is 16.3. The zero-order valence-electron chi connectivity index (χ0n) is 10.6. The van der Waals surface area contributed by atoms with E-state index in [1.807, 2.05) is 0 Å². The van der Waals surface area contributed by atoms with Crippen LogP contribution in [-0.4, -0.2) is 62.2 Å². The van der Waals surface area contributed by atoms with E-state index in [4.69, 9.17) is 5.11 Å². The molecule has 1 heterocycles. The summed E-state index contributed by atoms with van der Waals surface area (Å²) in [4.78, 5) is 11.7. The summed E-state index contributed by atoms with van der Waals surface area (Å²) >= 11 is 0. The van der Waals surface area contributed by atoms with Gasteiger partial charge in [-0.25, -0.2) is 21.5 Å². The summed E-state index contributed by atoms with van der Waals surface area (Å²) < 4.78 is 48.0. The second-order valence-corrected chi connectivity index (χ2v) is 6.59. The summed E-state index contributed by atoms with van der Waals surface area (Å²) in [6, 6.07) is 0. The Morgan fingerprint density at radius 3 is 2.68 bits per heavy atom. The number of hydrogen-bond donors (Lipinski definition) is 2. The lowest BCUT2D eigenvalue weighted by Gasteiger charge is -2.30. The van der Waals surface area contributed by atoms with Crippen LogP contribution in [0, 0.1) is 5.92 Å². The number of rotatable bonds is 5. The van der Waals surface area contributed by atoms with Gasteiger partial charge in [-0.3, -0.25) is 4.79 Å². The summed E-state index contributed by atoms with van der Waals surface area (Å²) in [6.07, 6.45) is -2.71. The van der Waals surface area contributed by atoms with Gasteiger partial charge in [0.15, 0.2) is 0 Å². The van der Waals surface area contributed by atoms with Crippen molar-refractivity contribution < 1.29 is 27.1 Å². The standard InChI is InChI=1S/C10H18F2N2O4S/c1-19(17,18)14-4-2-3-7(6-14)10(16)13-5-8(15)9(11)12/h7-9,15H,2-6H2,1H3,(H,13,16). The van der Waals surface area contributed by atoms with Crippen molar-refractivity contribution in [2.45, 2.75) is 25.4 Å². The summed E-state index contributed by atoms with van der Waals surface area (Å²) in [6.45, 7) is -0.121. The molecule has 0 saturated carbocycles. The molecule has 6 nitrogen and oxygen atoms in total. The zero-order valence-corrected chi connectivity index (χ0v) is 11.4. The highest BCUT2D eigenvalue weighted by Crippen LogP contribution is 2.18. The van der Waals surface area contributed by atoms with Crippen LogP contribution in [0.2, 0.25) is 0 Å². The van der Waals surface area contributed by atoms with Gasteiger partial charge in [0, 0.05) is 19.6 Å². The van der Waals surface area contributed by atoms with Crippen molar-refractivity contribution in [3.8, 4) is 0 Å². The number of aliphatic hydroxyl groups is 1. The maximum absolute atomic E-state index is 12.1. The molecular weight excluding hydrogens is 282 g/mol. The lowest BCUT2D eigenvalue weighted by atomic mass is 9.99. The van der Waals surface area contributed by atoms with Gasteiger partial charge in [-0.15, -0.1) is 0 Å². The Balaban J connectivity index is 2.49. The molecule has 0 spiro atoms. The van der Waals surface area contributed by atoms with E-state index >= 15 is 0 Å². The first-order chi connectivity index (χ1) is 8.71. The maximum atomic E-state index is 12.1. The topological polar surface area (TPSA) is 86.7 Å². The largest absolute Gasteiger partial charge is 0.385 e. The molecule has 0 aromatic carbocycles. The van der Waals surface area contributed by atoms with E-state index in [1.54, 1.807) is 0 Å². The van der Waals surface area contributed by atoms with Gasteiger partial charge in [0.2, 0.25) is 15.9 Å². The number of carbonyl (C=O) groups excluding carboxylic acids is 1. The molecule has 19 heavy (non-hydrogen) atoms. The zero-order chi connectivity index (χ0) is 14.6. The van der Waals surface area contributed by atoms with Gasteiger partial charge in [-0.1, -0.05) is 0 Å². The van der Waals surface area contributed by atoms with Crippen LogP contribution in [0.15, 0.2) is 0 Å². The Bertz CT molecular complexity index is 416. The number of aliphatic hydroxyl groups excluding tert-OH is 1. The molecule has 0 aromatic rings. The van der Waals surface area contributed by atoms with E-state index in [9.17, 15) is 22.0 Å². The van der Waals surface area contributed by atoms with E-state index in [2.05, 4.69) is 5.32 Å². The van der Waals surface area contributed by atoms with Crippen LogP contribution in [-0.2, 0) is 14.8 Å². The molecule has 1 saturated heterocycles. The highest BCUT2D eigenvalue weighted by Gasteiger charge is 2.30. The second kappa shape index (κ2) is 6.58. The van der Waals surface area contributed by atoms with Crippen molar-refractivity contribution >= 4 is 15.9 Å². The minimum Gasteiger partial charge on any atom is -0.385 e. The molecule has 1 amide bonds. The predicted octanol–water partition coefficient (Wildman–Crippen LogP) is -0.600. The van der Waals surface area contributed by atoms with Crippen molar-refractivity contribution in [3.05, 3.63) is 0 Å². The van der Waals surface area contributed by atoms with E-state index in [-0.39, 0.29) is 6.54 Å². The first-order valence-electron chi connectivity index (χ1n) is 5.91. The van der Waals surface area contributed by atoms with Crippen LogP contribution in [0.25, 0.3) is 0 Å². The molecule has 2 atom stereocenters. The van der Waals surface area contributed by atoms with Gasteiger partial charge in [0.25, 0.3) is 6.43 Å². The van der Waals surface area contributed by atoms with Gasteiger partial charge in [-0.2, -0.15) is 0 Å². The number of carbonyl (C=O) groups is 1. The average molecular weight is 300 g/mol. The van der Waals surface area contributed by atoms with Crippen LogP contribution < -0.4 is 5.32 Å². The Kier molecular flexibility index (Phi) is 5.63. The molecule has 2 N–H and O–H groups in total. The number of piperidine rings is 1. The van der Waals surface area contributed by atoms with E-state index in [0.29, 0.717) is 19.4 Å². The second-order valence-electron chi connectivity index (χ2n) is 4.61. The Hall–Kier alpha value is -0.800. The lowest BCUT2D eigenvalue weighted by molar-refractivity contribution is -0.127. The van der Waals surface area contributed by atoms with E-state index in [1.165, 1.54) is 4.31 Å².